The number of aryl methyl sites for hydroxylation is 2. The number of nitrogens with one attached hydrogen (secondary N) is 2. The maximum atomic E-state index is 13.1. The lowest BCUT2D eigenvalue weighted by atomic mass is 9.95. The first kappa shape index (κ1) is 13.6. The number of aromatic nitrogens is 1. The molecule has 2 aliphatic heterocycles. The van der Waals surface area contributed by atoms with Crippen molar-refractivity contribution in [2.45, 2.75) is 38.1 Å². The van der Waals surface area contributed by atoms with Gasteiger partial charge in [0.15, 0.2) is 0 Å². The quantitative estimate of drug-likeness (QED) is 0.850. The lowest BCUT2D eigenvalue weighted by molar-refractivity contribution is 0.0693. The van der Waals surface area contributed by atoms with Crippen molar-refractivity contribution in [3.05, 3.63) is 35.0 Å². The van der Waals surface area contributed by atoms with Crippen LogP contribution in [-0.2, 0) is 12.8 Å². The molecule has 2 bridgehead atoms. The molecule has 0 saturated carbocycles. The van der Waals surface area contributed by atoms with Crippen LogP contribution in [0.4, 0.5) is 0 Å². The van der Waals surface area contributed by atoms with Gasteiger partial charge in [0.05, 0.1) is 11.1 Å². The molecule has 23 heavy (non-hydrogen) atoms. The molecule has 5 rings (SSSR count). The largest absolute Gasteiger partial charge is 0.358 e. The maximum Gasteiger partial charge on any atom is 0.256 e. The Balaban J connectivity index is 1.55. The van der Waals surface area contributed by atoms with E-state index in [0.29, 0.717) is 12.0 Å². The summed E-state index contributed by atoms with van der Waals surface area (Å²) in [7, 11) is 0. The number of piperidine rings is 1. The van der Waals surface area contributed by atoms with E-state index in [1.807, 2.05) is 6.07 Å². The highest BCUT2D eigenvalue weighted by Gasteiger charge is 2.35. The zero-order chi connectivity index (χ0) is 15.4. The van der Waals surface area contributed by atoms with Crippen molar-refractivity contribution in [1.82, 2.24) is 15.2 Å². The van der Waals surface area contributed by atoms with Gasteiger partial charge < -0.3 is 15.2 Å². The van der Waals surface area contributed by atoms with Gasteiger partial charge >= 0.3 is 0 Å². The molecule has 2 saturated heterocycles. The Hall–Kier alpha value is -1.81. The number of rotatable bonds is 1. The maximum absolute atomic E-state index is 13.1. The van der Waals surface area contributed by atoms with Crippen molar-refractivity contribution in [3.63, 3.8) is 0 Å². The monoisotopic (exact) mass is 309 g/mol. The van der Waals surface area contributed by atoms with Crippen LogP contribution < -0.4 is 5.32 Å². The molecule has 2 unspecified atom stereocenters. The number of amides is 1. The van der Waals surface area contributed by atoms with Crippen molar-refractivity contribution in [2.24, 2.45) is 5.92 Å². The van der Waals surface area contributed by atoms with Crippen LogP contribution in [0.3, 0.4) is 0 Å². The molecule has 0 radical (unpaired) electrons. The Bertz CT molecular complexity index is 766. The zero-order valence-electron chi connectivity index (χ0n) is 13.4. The molecular formula is C19H23N3O. The summed E-state index contributed by atoms with van der Waals surface area (Å²) in [6, 6.07) is 6.72. The molecule has 4 heteroatoms. The Morgan fingerprint density at radius 3 is 3.00 bits per heavy atom. The summed E-state index contributed by atoms with van der Waals surface area (Å²) in [5, 5.41) is 4.80. The average molecular weight is 309 g/mol. The van der Waals surface area contributed by atoms with Crippen LogP contribution in [0.5, 0.6) is 0 Å². The fraction of sp³-hybridized carbons (Fsp3) is 0.526. The van der Waals surface area contributed by atoms with Crippen LogP contribution in [0, 0.1) is 5.92 Å². The number of para-hydroxylation sites is 1. The number of benzene rings is 1. The van der Waals surface area contributed by atoms with Crippen LogP contribution >= 0.6 is 0 Å². The van der Waals surface area contributed by atoms with Gasteiger partial charge in [-0.25, -0.2) is 0 Å². The highest BCUT2D eigenvalue weighted by Crippen LogP contribution is 2.32. The number of fused-ring (bicyclic) bond motifs is 5. The van der Waals surface area contributed by atoms with E-state index in [1.165, 1.54) is 35.9 Å². The van der Waals surface area contributed by atoms with E-state index >= 15 is 0 Å². The van der Waals surface area contributed by atoms with E-state index in [4.69, 9.17) is 0 Å². The highest BCUT2D eigenvalue weighted by molar-refractivity contribution is 6.06. The van der Waals surface area contributed by atoms with Crippen LogP contribution in [-0.4, -0.2) is 41.5 Å². The first-order chi connectivity index (χ1) is 11.3. The molecule has 2 N–H and O–H groups in total. The third-order valence-corrected chi connectivity index (χ3v) is 5.88. The zero-order valence-corrected chi connectivity index (χ0v) is 13.4. The van der Waals surface area contributed by atoms with Gasteiger partial charge in [0.25, 0.3) is 5.91 Å². The van der Waals surface area contributed by atoms with Gasteiger partial charge in [-0.05, 0) is 49.7 Å². The fourth-order valence-electron chi connectivity index (χ4n) is 4.78. The minimum Gasteiger partial charge on any atom is -0.358 e. The summed E-state index contributed by atoms with van der Waals surface area (Å²) < 4.78 is 0. The molecule has 0 spiro atoms. The van der Waals surface area contributed by atoms with Crippen LogP contribution in [0.25, 0.3) is 10.9 Å². The predicted octanol–water partition coefficient (Wildman–Crippen LogP) is 2.48. The van der Waals surface area contributed by atoms with Crippen molar-refractivity contribution in [2.75, 3.05) is 19.6 Å². The van der Waals surface area contributed by atoms with E-state index in [0.717, 1.165) is 43.6 Å². The number of carbonyl (C=O) groups excluding carboxylic acids is 1. The average Bonchev–Trinajstić information content (AvgIpc) is 3.13. The van der Waals surface area contributed by atoms with Crippen LogP contribution in [0.1, 0.15) is 40.9 Å². The standard InChI is InChI=1S/C19H23N3O/c23-19(22-10-12-8-13(11-22)20-9-12)16-6-3-5-15-14-4-1-2-7-17(14)21-18(15)16/h3,5-6,12-13,20-21H,1-2,4,7-11H2. The second-order valence-electron chi connectivity index (χ2n) is 7.43. The van der Waals surface area contributed by atoms with Gasteiger partial charge in [0.1, 0.15) is 0 Å². The molecule has 2 aromatic rings. The van der Waals surface area contributed by atoms with E-state index in [-0.39, 0.29) is 5.91 Å². The predicted molar refractivity (Wildman–Crippen MR) is 90.7 cm³/mol. The minimum absolute atomic E-state index is 0.201. The van der Waals surface area contributed by atoms with E-state index in [2.05, 4.69) is 27.3 Å². The number of hydrogen-bond acceptors (Lipinski definition) is 2. The molecule has 1 aliphatic carbocycles. The van der Waals surface area contributed by atoms with Crippen molar-refractivity contribution in [1.29, 1.82) is 0 Å². The van der Waals surface area contributed by atoms with Gasteiger partial charge in [0, 0.05) is 36.8 Å². The van der Waals surface area contributed by atoms with Crippen molar-refractivity contribution < 1.29 is 4.79 Å². The van der Waals surface area contributed by atoms with Crippen molar-refractivity contribution >= 4 is 16.8 Å². The van der Waals surface area contributed by atoms with Crippen LogP contribution in [0.2, 0.25) is 0 Å². The first-order valence-corrected chi connectivity index (χ1v) is 8.94. The molecule has 2 atom stereocenters. The number of H-pyrrole nitrogens is 1. The SMILES string of the molecule is O=C(c1cccc2c3c([nH]c12)CCCC3)N1CC2CNC(C2)C1. The third kappa shape index (κ3) is 2.12. The lowest BCUT2D eigenvalue weighted by Crippen LogP contribution is -2.44. The van der Waals surface area contributed by atoms with Crippen molar-refractivity contribution in [3.8, 4) is 0 Å². The Morgan fingerprint density at radius 2 is 2.09 bits per heavy atom. The summed E-state index contributed by atoms with van der Waals surface area (Å²) >= 11 is 0. The molecule has 4 nitrogen and oxygen atoms in total. The summed E-state index contributed by atoms with van der Waals surface area (Å²) in [6.45, 7) is 2.82. The fourth-order valence-corrected chi connectivity index (χ4v) is 4.78. The van der Waals surface area contributed by atoms with Gasteiger partial charge in [-0.15, -0.1) is 0 Å². The van der Waals surface area contributed by atoms with Gasteiger partial charge in [-0.2, -0.15) is 0 Å². The molecular weight excluding hydrogens is 286 g/mol. The normalized spacial score (nSPS) is 26.5. The summed E-state index contributed by atoms with van der Waals surface area (Å²) in [4.78, 5) is 18.8. The van der Waals surface area contributed by atoms with E-state index < -0.39 is 0 Å². The van der Waals surface area contributed by atoms with E-state index in [9.17, 15) is 4.79 Å². The molecule has 3 heterocycles. The number of carbonyl (C=O) groups is 1. The second-order valence-corrected chi connectivity index (χ2v) is 7.43. The summed E-state index contributed by atoms with van der Waals surface area (Å²) in [6.07, 6.45) is 6.01. The Kier molecular flexibility index (Phi) is 3.02. The smallest absolute Gasteiger partial charge is 0.256 e. The molecule has 1 amide bonds. The van der Waals surface area contributed by atoms with Crippen LogP contribution in [0.15, 0.2) is 18.2 Å². The number of hydrogen-bond donors (Lipinski definition) is 2. The number of aromatic amines is 1. The Morgan fingerprint density at radius 1 is 1.17 bits per heavy atom. The molecule has 3 aliphatic rings. The topological polar surface area (TPSA) is 48.1 Å². The summed E-state index contributed by atoms with van der Waals surface area (Å²) in [5.74, 6) is 0.835. The third-order valence-electron chi connectivity index (χ3n) is 5.88. The van der Waals surface area contributed by atoms with E-state index in [1.54, 1.807) is 0 Å². The molecule has 1 aromatic carbocycles. The number of likely N-dealkylation sites (tertiary alicyclic amines) is 1. The minimum atomic E-state index is 0.201. The molecule has 1 aromatic heterocycles. The van der Waals surface area contributed by atoms with Gasteiger partial charge in [0.2, 0.25) is 0 Å². The van der Waals surface area contributed by atoms with Gasteiger partial charge in [-0.1, -0.05) is 12.1 Å². The molecule has 2 fully saturated rings. The Labute approximate surface area is 136 Å². The highest BCUT2D eigenvalue weighted by atomic mass is 16.2. The van der Waals surface area contributed by atoms with Gasteiger partial charge in [-0.3, -0.25) is 4.79 Å². The number of nitrogens with zero attached hydrogens (tertiary/aromatic N) is 1. The molecule has 120 valence electrons. The first-order valence-electron chi connectivity index (χ1n) is 8.94. The lowest BCUT2D eigenvalue weighted by Gasteiger charge is -2.31. The summed E-state index contributed by atoms with van der Waals surface area (Å²) in [5.41, 5.74) is 4.72. The second kappa shape index (κ2) is 5.10.